The first-order valence-electron chi connectivity index (χ1n) is 5.94. The molecular formula is C13H23N. The first kappa shape index (κ1) is 10.2. The van der Waals surface area contributed by atoms with Crippen LogP contribution in [0.3, 0.4) is 0 Å². The average Bonchev–Trinajstić information content (AvgIpc) is 2.54. The Morgan fingerprint density at radius 2 is 2.00 bits per heavy atom. The maximum absolute atomic E-state index is 3.76. The van der Waals surface area contributed by atoms with Crippen molar-refractivity contribution in [2.45, 2.75) is 39.5 Å². The fourth-order valence-electron chi connectivity index (χ4n) is 3.79. The molecule has 1 nitrogen and oxygen atoms in total. The van der Waals surface area contributed by atoms with E-state index in [9.17, 15) is 0 Å². The molecule has 80 valence electrons. The van der Waals surface area contributed by atoms with Crippen LogP contribution >= 0.6 is 0 Å². The van der Waals surface area contributed by atoms with Crippen LogP contribution in [0.25, 0.3) is 0 Å². The molecule has 0 aliphatic heterocycles. The van der Waals surface area contributed by atoms with E-state index in [-0.39, 0.29) is 0 Å². The second-order valence-corrected chi connectivity index (χ2v) is 5.70. The number of hydrogen-bond acceptors (Lipinski definition) is 1. The minimum absolute atomic E-state index is 0.571. The summed E-state index contributed by atoms with van der Waals surface area (Å²) in [5, 5.41) is 3.53. The Morgan fingerprint density at radius 3 is 2.43 bits per heavy atom. The first-order chi connectivity index (χ1) is 6.62. The van der Waals surface area contributed by atoms with Gasteiger partial charge in [0.05, 0.1) is 0 Å². The Kier molecular flexibility index (Phi) is 2.46. The molecule has 2 saturated carbocycles. The second kappa shape index (κ2) is 3.37. The minimum Gasteiger partial charge on any atom is -0.313 e. The predicted molar refractivity (Wildman–Crippen MR) is 61.2 cm³/mol. The van der Waals surface area contributed by atoms with Gasteiger partial charge in [-0.05, 0) is 42.4 Å². The van der Waals surface area contributed by atoms with Crippen LogP contribution < -0.4 is 5.32 Å². The lowest BCUT2D eigenvalue weighted by Crippen LogP contribution is -2.40. The highest BCUT2D eigenvalue weighted by Crippen LogP contribution is 2.65. The molecule has 2 rings (SSSR count). The molecule has 1 heteroatoms. The highest BCUT2D eigenvalue weighted by Gasteiger charge is 2.58. The van der Waals surface area contributed by atoms with Gasteiger partial charge in [0.15, 0.2) is 0 Å². The average molecular weight is 193 g/mol. The van der Waals surface area contributed by atoms with Gasteiger partial charge in [-0.15, -0.1) is 6.58 Å². The van der Waals surface area contributed by atoms with Crippen molar-refractivity contribution < 1.29 is 0 Å². The summed E-state index contributed by atoms with van der Waals surface area (Å²) in [4.78, 5) is 0. The molecular weight excluding hydrogens is 170 g/mol. The Balaban J connectivity index is 2.03. The lowest BCUT2D eigenvalue weighted by atomic mass is 9.69. The van der Waals surface area contributed by atoms with Gasteiger partial charge in [-0.2, -0.15) is 0 Å². The zero-order valence-corrected chi connectivity index (χ0v) is 9.60. The van der Waals surface area contributed by atoms with Crippen LogP contribution in [0.15, 0.2) is 12.7 Å². The van der Waals surface area contributed by atoms with Crippen molar-refractivity contribution in [3.63, 3.8) is 0 Å². The van der Waals surface area contributed by atoms with Crippen molar-refractivity contribution in [2.24, 2.45) is 16.7 Å². The van der Waals surface area contributed by atoms with Gasteiger partial charge in [-0.1, -0.05) is 19.9 Å². The Hall–Kier alpha value is -0.300. The van der Waals surface area contributed by atoms with Crippen LogP contribution in [0, 0.1) is 16.7 Å². The van der Waals surface area contributed by atoms with E-state index in [1.807, 2.05) is 6.08 Å². The van der Waals surface area contributed by atoms with Crippen LogP contribution in [0.2, 0.25) is 0 Å². The number of rotatable bonds is 4. The van der Waals surface area contributed by atoms with Crippen molar-refractivity contribution in [1.82, 2.24) is 5.32 Å². The lowest BCUT2D eigenvalue weighted by Gasteiger charge is -2.38. The van der Waals surface area contributed by atoms with Gasteiger partial charge in [0, 0.05) is 13.1 Å². The smallest absolute Gasteiger partial charge is 0.0132 e. The van der Waals surface area contributed by atoms with E-state index in [2.05, 4.69) is 25.7 Å². The number of hydrogen-bond donors (Lipinski definition) is 1. The quantitative estimate of drug-likeness (QED) is 0.534. The third-order valence-corrected chi connectivity index (χ3v) is 5.08. The Morgan fingerprint density at radius 1 is 1.36 bits per heavy atom. The van der Waals surface area contributed by atoms with Gasteiger partial charge >= 0.3 is 0 Å². The summed E-state index contributed by atoms with van der Waals surface area (Å²) in [6, 6.07) is 0. The molecule has 1 N–H and O–H groups in total. The van der Waals surface area contributed by atoms with Gasteiger partial charge in [-0.3, -0.25) is 0 Å². The SMILES string of the molecule is C=CCNCC12CCC(CC1)C2(C)C. The van der Waals surface area contributed by atoms with E-state index < -0.39 is 0 Å². The summed E-state index contributed by atoms with van der Waals surface area (Å²) >= 11 is 0. The Labute approximate surface area is 88.0 Å². The van der Waals surface area contributed by atoms with Gasteiger partial charge in [0.25, 0.3) is 0 Å². The molecule has 0 saturated heterocycles. The van der Waals surface area contributed by atoms with Crippen LogP contribution in [0.4, 0.5) is 0 Å². The second-order valence-electron chi connectivity index (χ2n) is 5.70. The molecule has 2 bridgehead atoms. The van der Waals surface area contributed by atoms with E-state index in [1.54, 1.807) is 0 Å². The normalized spacial score (nSPS) is 38.9. The summed E-state index contributed by atoms with van der Waals surface area (Å²) in [5.41, 5.74) is 1.17. The maximum atomic E-state index is 3.76. The highest BCUT2D eigenvalue weighted by atomic mass is 14.9. The standard InChI is InChI=1S/C13H23N/c1-4-9-14-10-13-7-5-11(6-8-13)12(13,2)3/h4,11,14H,1,5-10H2,2-3H3. The van der Waals surface area contributed by atoms with Crippen molar-refractivity contribution in [1.29, 1.82) is 0 Å². The van der Waals surface area contributed by atoms with E-state index >= 15 is 0 Å². The minimum atomic E-state index is 0.571. The van der Waals surface area contributed by atoms with E-state index in [0.717, 1.165) is 12.5 Å². The van der Waals surface area contributed by atoms with E-state index in [1.165, 1.54) is 32.2 Å². The predicted octanol–water partition coefficient (Wildman–Crippen LogP) is 2.98. The van der Waals surface area contributed by atoms with Gasteiger partial charge in [-0.25, -0.2) is 0 Å². The van der Waals surface area contributed by atoms with Gasteiger partial charge in [0.2, 0.25) is 0 Å². The molecule has 2 aliphatic carbocycles. The zero-order chi connectivity index (χ0) is 10.2. The number of fused-ring (bicyclic) bond motifs is 2. The topological polar surface area (TPSA) is 12.0 Å². The summed E-state index contributed by atoms with van der Waals surface area (Å²) < 4.78 is 0. The van der Waals surface area contributed by atoms with E-state index in [4.69, 9.17) is 0 Å². The molecule has 2 aliphatic rings. The van der Waals surface area contributed by atoms with Crippen molar-refractivity contribution in [3.8, 4) is 0 Å². The molecule has 0 unspecified atom stereocenters. The first-order valence-corrected chi connectivity index (χ1v) is 5.94. The number of nitrogens with one attached hydrogen (secondary N) is 1. The molecule has 0 aromatic heterocycles. The molecule has 0 radical (unpaired) electrons. The monoisotopic (exact) mass is 193 g/mol. The molecule has 0 heterocycles. The third kappa shape index (κ3) is 1.25. The van der Waals surface area contributed by atoms with Gasteiger partial charge < -0.3 is 5.32 Å². The lowest BCUT2D eigenvalue weighted by molar-refractivity contribution is 0.127. The van der Waals surface area contributed by atoms with Crippen molar-refractivity contribution in [3.05, 3.63) is 12.7 Å². The molecule has 2 fully saturated rings. The van der Waals surface area contributed by atoms with Crippen LogP contribution in [-0.2, 0) is 0 Å². The molecule has 14 heavy (non-hydrogen) atoms. The highest BCUT2D eigenvalue weighted by molar-refractivity contribution is 5.09. The summed E-state index contributed by atoms with van der Waals surface area (Å²) in [6.07, 6.45) is 7.76. The van der Waals surface area contributed by atoms with Crippen LogP contribution in [-0.4, -0.2) is 13.1 Å². The van der Waals surface area contributed by atoms with Crippen LogP contribution in [0.1, 0.15) is 39.5 Å². The van der Waals surface area contributed by atoms with Gasteiger partial charge in [0.1, 0.15) is 0 Å². The molecule has 0 spiro atoms. The summed E-state index contributed by atoms with van der Waals surface area (Å²) in [5.74, 6) is 0.994. The molecule has 0 atom stereocenters. The fourth-order valence-corrected chi connectivity index (χ4v) is 3.79. The van der Waals surface area contributed by atoms with Crippen molar-refractivity contribution >= 4 is 0 Å². The summed E-state index contributed by atoms with van der Waals surface area (Å²) in [7, 11) is 0. The van der Waals surface area contributed by atoms with E-state index in [0.29, 0.717) is 10.8 Å². The zero-order valence-electron chi connectivity index (χ0n) is 9.60. The fraction of sp³-hybridized carbons (Fsp3) is 0.846. The summed E-state index contributed by atoms with van der Waals surface area (Å²) in [6.45, 7) is 10.9. The molecule has 0 aromatic rings. The van der Waals surface area contributed by atoms with Crippen LogP contribution in [0.5, 0.6) is 0 Å². The molecule has 0 aromatic carbocycles. The largest absolute Gasteiger partial charge is 0.313 e. The van der Waals surface area contributed by atoms with Crippen molar-refractivity contribution in [2.75, 3.05) is 13.1 Å². The third-order valence-electron chi connectivity index (χ3n) is 5.08. The molecule has 0 amide bonds. The maximum Gasteiger partial charge on any atom is 0.0132 e. The Bertz CT molecular complexity index is 221.